The Kier molecular flexibility index (Phi) is 2.84. The van der Waals surface area contributed by atoms with Crippen molar-refractivity contribution in [2.75, 3.05) is 19.6 Å². The standard InChI is InChI=1S/C16H30N2/c1-11-8-17-13(12-6-7-12)9-18(11)10-14-15(2,3)16(14,4)5/h11-14,17H,6-10H2,1-5H3. The second-order valence-electron chi connectivity index (χ2n) is 8.15. The van der Waals surface area contributed by atoms with Gasteiger partial charge in [-0.1, -0.05) is 27.7 Å². The van der Waals surface area contributed by atoms with Crippen molar-refractivity contribution < 1.29 is 0 Å². The van der Waals surface area contributed by atoms with E-state index in [-0.39, 0.29) is 0 Å². The Morgan fingerprint density at radius 2 is 1.72 bits per heavy atom. The molecule has 0 spiro atoms. The molecule has 0 aromatic heterocycles. The van der Waals surface area contributed by atoms with Crippen LogP contribution in [0, 0.1) is 22.7 Å². The summed E-state index contributed by atoms with van der Waals surface area (Å²) in [4.78, 5) is 2.76. The Bertz CT molecular complexity index is 316. The maximum absolute atomic E-state index is 3.75. The Morgan fingerprint density at radius 3 is 2.22 bits per heavy atom. The molecule has 2 nitrogen and oxygen atoms in total. The molecule has 1 N–H and O–H groups in total. The minimum absolute atomic E-state index is 0.534. The van der Waals surface area contributed by atoms with Crippen LogP contribution < -0.4 is 5.32 Å². The zero-order chi connectivity index (χ0) is 13.1. The lowest BCUT2D eigenvalue weighted by atomic mass is 10.0. The number of nitrogens with one attached hydrogen (secondary N) is 1. The summed E-state index contributed by atoms with van der Waals surface area (Å²) < 4.78 is 0. The van der Waals surface area contributed by atoms with Crippen LogP contribution in [0.25, 0.3) is 0 Å². The summed E-state index contributed by atoms with van der Waals surface area (Å²) in [6, 6.07) is 1.50. The smallest absolute Gasteiger partial charge is 0.0224 e. The fourth-order valence-corrected chi connectivity index (χ4v) is 4.04. The van der Waals surface area contributed by atoms with Crippen LogP contribution in [0.4, 0.5) is 0 Å². The van der Waals surface area contributed by atoms with Crippen LogP contribution in [0.3, 0.4) is 0 Å². The molecule has 0 aromatic carbocycles. The van der Waals surface area contributed by atoms with E-state index in [0.29, 0.717) is 16.9 Å². The second-order valence-corrected chi connectivity index (χ2v) is 8.15. The molecule has 0 aromatic rings. The highest BCUT2D eigenvalue weighted by molar-refractivity contribution is 5.13. The van der Waals surface area contributed by atoms with Crippen LogP contribution in [-0.2, 0) is 0 Å². The van der Waals surface area contributed by atoms with Gasteiger partial charge in [-0.25, -0.2) is 0 Å². The lowest BCUT2D eigenvalue weighted by Crippen LogP contribution is -2.56. The molecular weight excluding hydrogens is 220 g/mol. The van der Waals surface area contributed by atoms with Crippen molar-refractivity contribution in [3.63, 3.8) is 0 Å². The first-order valence-electron chi connectivity index (χ1n) is 7.81. The molecule has 1 aliphatic heterocycles. The lowest BCUT2D eigenvalue weighted by Gasteiger charge is -2.39. The molecule has 1 saturated heterocycles. The second kappa shape index (κ2) is 3.96. The highest BCUT2D eigenvalue weighted by Crippen LogP contribution is 2.68. The first kappa shape index (κ1) is 12.9. The number of piperazine rings is 1. The molecule has 3 aliphatic rings. The highest BCUT2D eigenvalue weighted by atomic mass is 15.2. The largest absolute Gasteiger partial charge is 0.311 e. The van der Waals surface area contributed by atoms with Gasteiger partial charge in [0.2, 0.25) is 0 Å². The summed E-state index contributed by atoms with van der Waals surface area (Å²) >= 11 is 0. The molecule has 3 rings (SSSR count). The molecule has 3 fully saturated rings. The van der Waals surface area contributed by atoms with E-state index in [0.717, 1.165) is 17.9 Å². The fraction of sp³-hybridized carbons (Fsp3) is 1.00. The molecule has 0 amide bonds. The Labute approximate surface area is 113 Å². The normalized spacial score (nSPS) is 39.8. The maximum Gasteiger partial charge on any atom is 0.0224 e. The Balaban J connectivity index is 1.61. The van der Waals surface area contributed by atoms with E-state index in [4.69, 9.17) is 0 Å². The van der Waals surface area contributed by atoms with Gasteiger partial charge >= 0.3 is 0 Å². The van der Waals surface area contributed by atoms with E-state index < -0.39 is 0 Å². The van der Waals surface area contributed by atoms with Crippen LogP contribution in [0.15, 0.2) is 0 Å². The zero-order valence-electron chi connectivity index (χ0n) is 12.8. The predicted octanol–water partition coefficient (Wildman–Crippen LogP) is 2.74. The minimum atomic E-state index is 0.534. The quantitative estimate of drug-likeness (QED) is 0.828. The van der Waals surface area contributed by atoms with Gasteiger partial charge in [0.1, 0.15) is 0 Å². The molecular formula is C16H30N2. The van der Waals surface area contributed by atoms with E-state index in [2.05, 4.69) is 44.8 Å². The van der Waals surface area contributed by atoms with Crippen molar-refractivity contribution in [1.29, 1.82) is 0 Å². The summed E-state index contributed by atoms with van der Waals surface area (Å²) in [6.07, 6.45) is 2.92. The molecule has 0 radical (unpaired) electrons. The monoisotopic (exact) mass is 250 g/mol. The maximum atomic E-state index is 3.75. The SMILES string of the molecule is CC1CNC(C2CC2)CN1CC1C(C)(C)C1(C)C. The minimum Gasteiger partial charge on any atom is -0.311 e. The van der Waals surface area contributed by atoms with Gasteiger partial charge in [0.15, 0.2) is 0 Å². The number of rotatable bonds is 3. The Hall–Kier alpha value is -0.0800. The van der Waals surface area contributed by atoms with Crippen molar-refractivity contribution in [2.45, 2.75) is 59.5 Å². The van der Waals surface area contributed by atoms with E-state index in [9.17, 15) is 0 Å². The molecule has 0 bridgehead atoms. The number of hydrogen-bond acceptors (Lipinski definition) is 2. The molecule has 2 atom stereocenters. The van der Waals surface area contributed by atoms with Crippen molar-refractivity contribution in [2.24, 2.45) is 22.7 Å². The number of hydrogen-bond donors (Lipinski definition) is 1. The summed E-state index contributed by atoms with van der Waals surface area (Å²) in [7, 11) is 0. The molecule has 2 unspecified atom stereocenters. The zero-order valence-corrected chi connectivity index (χ0v) is 12.8. The van der Waals surface area contributed by atoms with Crippen LogP contribution in [-0.4, -0.2) is 36.6 Å². The van der Waals surface area contributed by atoms with Gasteiger partial charge < -0.3 is 5.32 Å². The van der Waals surface area contributed by atoms with Crippen LogP contribution in [0.1, 0.15) is 47.5 Å². The predicted molar refractivity (Wildman–Crippen MR) is 76.6 cm³/mol. The lowest BCUT2D eigenvalue weighted by molar-refractivity contribution is 0.120. The van der Waals surface area contributed by atoms with Crippen molar-refractivity contribution >= 4 is 0 Å². The molecule has 1 heterocycles. The van der Waals surface area contributed by atoms with Crippen LogP contribution >= 0.6 is 0 Å². The van der Waals surface area contributed by atoms with Crippen molar-refractivity contribution in [3.05, 3.63) is 0 Å². The van der Waals surface area contributed by atoms with Gasteiger partial charge in [0.25, 0.3) is 0 Å². The molecule has 2 saturated carbocycles. The van der Waals surface area contributed by atoms with Gasteiger partial charge in [-0.15, -0.1) is 0 Å². The van der Waals surface area contributed by atoms with Crippen LogP contribution in [0.5, 0.6) is 0 Å². The third-order valence-electron chi connectivity index (χ3n) is 6.66. The van der Waals surface area contributed by atoms with Gasteiger partial charge in [-0.2, -0.15) is 0 Å². The fourth-order valence-electron chi connectivity index (χ4n) is 4.04. The summed E-state index contributed by atoms with van der Waals surface area (Å²) in [6.45, 7) is 16.0. The third kappa shape index (κ3) is 1.92. The van der Waals surface area contributed by atoms with Crippen molar-refractivity contribution in [1.82, 2.24) is 10.2 Å². The average molecular weight is 250 g/mol. The van der Waals surface area contributed by atoms with Gasteiger partial charge in [-0.05, 0) is 42.4 Å². The molecule has 104 valence electrons. The van der Waals surface area contributed by atoms with Crippen LogP contribution in [0.2, 0.25) is 0 Å². The average Bonchev–Trinajstić information content (AvgIpc) is 3.16. The van der Waals surface area contributed by atoms with E-state index in [1.165, 1.54) is 32.5 Å². The summed E-state index contributed by atoms with van der Waals surface area (Å²) in [5.41, 5.74) is 1.07. The van der Waals surface area contributed by atoms with Gasteiger partial charge in [-0.3, -0.25) is 4.90 Å². The summed E-state index contributed by atoms with van der Waals surface area (Å²) in [5.74, 6) is 1.87. The van der Waals surface area contributed by atoms with E-state index in [1.54, 1.807) is 0 Å². The molecule has 2 heteroatoms. The van der Waals surface area contributed by atoms with Gasteiger partial charge in [0.05, 0.1) is 0 Å². The number of nitrogens with zero attached hydrogens (tertiary/aromatic N) is 1. The Morgan fingerprint density at radius 1 is 1.11 bits per heavy atom. The summed E-state index contributed by atoms with van der Waals surface area (Å²) in [5, 5.41) is 3.75. The van der Waals surface area contributed by atoms with E-state index >= 15 is 0 Å². The third-order valence-corrected chi connectivity index (χ3v) is 6.66. The first-order valence-corrected chi connectivity index (χ1v) is 7.81. The molecule has 18 heavy (non-hydrogen) atoms. The highest BCUT2D eigenvalue weighted by Gasteiger charge is 2.64. The van der Waals surface area contributed by atoms with Gasteiger partial charge in [0, 0.05) is 31.7 Å². The van der Waals surface area contributed by atoms with E-state index in [1.807, 2.05) is 0 Å². The molecule has 2 aliphatic carbocycles. The first-order chi connectivity index (χ1) is 8.34. The topological polar surface area (TPSA) is 15.3 Å². The van der Waals surface area contributed by atoms with Crippen molar-refractivity contribution in [3.8, 4) is 0 Å².